The summed E-state index contributed by atoms with van der Waals surface area (Å²) in [5.74, 6) is -0.862. The van der Waals surface area contributed by atoms with Crippen LogP contribution >= 0.6 is 38.4 Å². The van der Waals surface area contributed by atoms with Gasteiger partial charge in [-0.05, 0) is 92.0 Å². The molecule has 4 fully saturated rings. The van der Waals surface area contributed by atoms with Crippen LogP contribution in [0.5, 0.6) is 0 Å². The molecule has 8 heterocycles. The topological polar surface area (TPSA) is 467 Å². The fourth-order valence-corrected chi connectivity index (χ4v) is 16.6. The van der Waals surface area contributed by atoms with Crippen LogP contribution in [0.15, 0.2) is 76.3 Å². The Hall–Kier alpha value is -5.50. The number of hydrogen-bond acceptors (Lipinski definition) is 30. The lowest BCUT2D eigenvalue weighted by molar-refractivity contribution is -0.141. The Bertz CT molecular complexity index is 3420. The first kappa shape index (κ1) is 84.8. The smallest absolute Gasteiger partial charge is 0.454 e. The Morgan fingerprint density at radius 1 is 0.621 bits per heavy atom. The molecule has 8 aliphatic rings. The van der Waals surface area contributed by atoms with Crippen molar-refractivity contribution in [3.05, 3.63) is 76.9 Å². The quantitative estimate of drug-likeness (QED) is 0.0225. The Labute approximate surface area is 605 Å². The van der Waals surface area contributed by atoms with E-state index >= 15 is 0 Å². The Balaban J connectivity index is 0.000000228. The first-order valence-corrected chi connectivity index (χ1v) is 39.5. The predicted molar refractivity (Wildman–Crippen MR) is 364 cm³/mol. The van der Waals surface area contributed by atoms with Gasteiger partial charge in [-0.1, -0.05) is 39.8 Å². The number of ether oxygens (including phenoxy) is 8. The summed E-state index contributed by atoms with van der Waals surface area (Å²) in [6, 6.07) is 4.61. The molecule has 1 aromatic carbocycles. The minimum absolute atomic E-state index is 0.00845. The molecule has 0 radical (unpaired) electrons. The Morgan fingerprint density at radius 2 is 1.00 bits per heavy atom. The molecule has 4 saturated heterocycles. The van der Waals surface area contributed by atoms with E-state index < -0.39 is 167 Å². The highest BCUT2D eigenvalue weighted by Gasteiger charge is 2.50. The molecule has 103 heavy (non-hydrogen) atoms. The summed E-state index contributed by atoms with van der Waals surface area (Å²) in [6.07, 6.45) is -5.95. The minimum Gasteiger partial charge on any atom is -0.454 e. The van der Waals surface area contributed by atoms with E-state index in [2.05, 4.69) is 35.1 Å². The third-order valence-corrected chi connectivity index (χ3v) is 24.6. The highest BCUT2D eigenvalue weighted by atomic mass is 32.7. The van der Waals surface area contributed by atoms with Crippen LogP contribution < -0.4 is 21.3 Å². The van der Waals surface area contributed by atoms with Gasteiger partial charge in [0.2, 0.25) is 0 Å². The summed E-state index contributed by atoms with van der Waals surface area (Å²) in [5, 5.41) is 68.6. The Kier molecular flexibility index (Phi) is 32.0. The molecular weight excluding hydrogens is 1460 g/mol. The van der Waals surface area contributed by atoms with Crippen LogP contribution in [0.25, 0.3) is 0 Å². The molecular formula is C61H94N9O28P2S3+. The van der Waals surface area contributed by atoms with E-state index in [1.807, 2.05) is 12.1 Å². The normalized spacial score (nSPS) is 30.4. The third kappa shape index (κ3) is 22.5. The van der Waals surface area contributed by atoms with Gasteiger partial charge in [-0.3, -0.25) is 38.2 Å². The van der Waals surface area contributed by atoms with Crippen LogP contribution in [0.1, 0.15) is 112 Å². The van der Waals surface area contributed by atoms with E-state index in [0.29, 0.717) is 46.0 Å². The summed E-state index contributed by atoms with van der Waals surface area (Å²) < 4.78 is 120. The molecule has 0 aromatic heterocycles. The molecule has 1 aromatic rings. The van der Waals surface area contributed by atoms with Crippen LogP contribution in [0.3, 0.4) is 0 Å². The summed E-state index contributed by atoms with van der Waals surface area (Å²) in [7, 11) is -1.88. The molecule has 8 aliphatic heterocycles. The van der Waals surface area contributed by atoms with Crippen LogP contribution in [-0.2, 0) is 84.7 Å². The largest absolute Gasteiger partial charge is 0.697 e. The summed E-state index contributed by atoms with van der Waals surface area (Å²) >= 11 is 1.55. The summed E-state index contributed by atoms with van der Waals surface area (Å²) in [4.78, 5) is 77.5. The molecule has 9 rings (SSSR count). The zero-order valence-electron chi connectivity index (χ0n) is 58.6. The maximum absolute atomic E-state index is 14.1. The SMILES string of the molecule is CCC(=O)OCSN(C)S(=O)(=O)c1ccc(C(C)CC)cc1.CCC(=O)OCSP(=O)(OC[C@H]1O[C@@H](N2C=C(C)C(O)NC2=O)C[C@H]1OC)O[C@@H]1C[C@H](N2C=C(C)C(O)NC2=O)O[C@@H]1CO.CO[C@@H]1C[C@H](N2C=C(C)C(O)NC2=O)O[C@@H]1CO[P+](=O)O[C@@H]1C[C@H](N2C=C(C)C(O)NC2=O)O[C@@H]1CO. The monoisotopic (exact) mass is 1560 g/mol. The molecule has 37 nitrogen and oxygen atoms in total. The number of rotatable bonds is 30. The summed E-state index contributed by atoms with van der Waals surface area (Å²) in [5.41, 5.74) is 3.10. The van der Waals surface area contributed by atoms with Gasteiger partial charge in [-0.15, -0.1) is 12.8 Å². The van der Waals surface area contributed by atoms with Gasteiger partial charge in [-0.2, -0.15) is 0 Å². The van der Waals surface area contributed by atoms with Gasteiger partial charge in [0.05, 0.1) is 36.9 Å². The maximum atomic E-state index is 14.1. The van der Waals surface area contributed by atoms with Gasteiger partial charge < -0.3 is 89.8 Å². The number of benzene rings is 1. The second kappa shape index (κ2) is 38.9. The molecule has 10 N–H and O–H groups in total. The second-order valence-corrected chi connectivity index (χ2v) is 32.6. The zero-order chi connectivity index (χ0) is 75.8. The van der Waals surface area contributed by atoms with Crippen molar-refractivity contribution >= 4 is 84.5 Å². The first-order valence-electron chi connectivity index (χ1n) is 32.9. The van der Waals surface area contributed by atoms with Gasteiger partial charge in [0.25, 0.3) is 10.0 Å². The molecule has 8 amide bonds. The highest BCUT2D eigenvalue weighted by molar-refractivity contribution is 8.55. The van der Waals surface area contributed by atoms with Crippen molar-refractivity contribution < 1.29 is 133 Å². The van der Waals surface area contributed by atoms with Crippen LogP contribution in [-0.4, -0.2) is 257 Å². The molecule has 0 saturated carbocycles. The second-order valence-electron chi connectivity index (χ2n) is 24.5. The number of nitrogens with one attached hydrogen (secondary N) is 4. The van der Waals surface area contributed by atoms with E-state index in [1.54, 1.807) is 53.7 Å². The number of carbonyl (C=O) groups excluding carboxylic acids is 6. The summed E-state index contributed by atoms with van der Waals surface area (Å²) in [6.45, 7) is 8.44. The van der Waals surface area contributed by atoms with E-state index in [-0.39, 0.29) is 68.1 Å². The number of sulfonamides is 1. The Morgan fingerprint density at radius 3 is 1.40 bits per heavy atom. The van der Waals surface area contributed by atoms with Crippen molar-refractivity contribution in [1.29, 1.82) is 0 Å². The maximum Gasteiger partial charge on any atom is 0.697 e. The lowest BCUT2D eigenvalue weighted by Crippen LogP contribution is -2.51. The van der Waals surface area contributed by atoms with E-state index in [9.17, 15) is 77.0 Å². The van der Waals surface area contributed by atoms with Crippen molar-refractivity contribution in [2.24, 2.45) is 0 Å². The third-order valence-electron chi connectivity index (χ3n) is 17.4. The van der Waals surface area contributed by atoms with Crippen molar-refractivity contribution in [2.45, 2.75) is 210 Å². The van der Waals surface area contributed by atoms with Crippen molar-refractivity contribution in [2.75, 3.05) is 59.6 Å². The van der Waals surface area contributed by atoms with Crippen molar-refractivity contribution in [3.63, 3.8) is 0 Å². The fourth-order valence-electron chi connectivity index (χ4n) is 11.0. The van der Waals surface area contributed by atoms with Crippen LogP contribution in [0, 0.1) is 0 Å². The molecule has 578 valence electrons. The van der Waals surface area contributed by atoms with Gasteiger partial charge >= 0.3 is 51.1 Å². The first-order chi connectivity index (χ1) is 48.8. The molecule has 42 heteroatoms. The van der Waals surface area contributed by atoms with Gasteiger partial charge in [-0.25, -0.2) is 32.2 Å². The number of amides is 8. The van der Waals surface area contributed by atoms with Crippen LogP contribution in [0.4, 0.5) is 19.2 Å². The van der Waals surface area contributed by atoms with Crippen molar-refractivity contribution in [1.82, 2.24) is 44.6 Å². The number of aliphatic hydroxyl groups is 6. The number of esters is 2. The molecule has 0 spiro atoms. The van der Waals surface area contributed by atoms with E-state index in [1.165, 1.54) is 65.7 Å². The number of urea groups is 4. The number of hydrogen-bond donors (Lipinski definition) is 10. The minimum atomic E-state index is -4.16. The number of carbonyl (C=O) groups is 6. The molecule has 7 unspecified atom stereocenters. The zero-order valence-corrected chi connectivity index (χ0v) is 62.9. The van der Waals surface area contributed by atoms with Crippen molar-refractivity contribution in [3.8, 4) is 0 Å². The lowest BCUT2D eigenvalue weighted by Gasteiger charge is -2.32. The number of methoxy groups -OCH3 is 2. The van der Waals surface area contributed by atoms with Gasteiger partial charge in [0, 0.05) is 101 Å². The average Bonchev–Trinajstić information content (AvgIpc) is 1.70. The fraction of sp³-hybridized carbons (Fsp3) is 0.672. The molecule has 0 aliphatic carbocycles. The standard InChI is InChI=1S/C25H39N4O13PS.C21H31N4O11P.C15H23NO4S2/c1-5-21(31)38-12-44-43(36,42-16-7-20(40-17(16)10-30)29-9-14(3)23(33)27-25(29)35)39-11-18-15(37-4)6-19(41-18)28-8-13(2)22(32)26-24(28)34;1-10-6-24(20(29)22-18(10)27)16-4-12(32-3)15(35-16)9-33-37(31)36-13-5-17(34-14(13)8-26)25-7-11(2)19(28)23-21(25)30;1-5-12(3)13-7-9-14(10-8-13)22(18,19)16(4)21-11-20-15(17)6-2/h8-9,15-20,22-23,30,32-33H,5-7,10-12H2,1-4H3,(H,26,34)(H,27,35);6-7,12-19,26-28H,4-5,8-9H2,1-3H3,(H-,22,23,29,30);7-10,12H,5-6,11H2,1-4H3/p+1/t15-,16-,17-,18-,19-,20-,22?,23?,43?;12-,13-,14-,15-,16-,17-,18?,19?;/m11./s1. The van der Waals surface area contributed by atoms with Gasteiger partial charge in [0.15, 0.2) is 30.9 Å². The highest BCUT2D eigenvalue weighted by Crippen LogP contribution is 2.63. The lowest BCUT2D eigenvalue weighted by atomic mass is 9.99. The number of nitrogens with zero attached hydrogens (tertiary/aromatic N) is 5. The predicted octanol–water partition coefficient (Wildman–Crippen LogP) is 4.03. The number of aliphatic hydroxyl groups excluding tert-OH is 6. The van der Waals surface area contributed by atoms with E-state index in [0.717, 1.165) is 27.6 Å². The van der Waals surface area contributed by atoms with E-state index in [4.69, 9.17) is 56.0 Å². The molecule has 19 atom stereocenters. The van der Waals surface area contributed by atoms with Crippen LogP contribution in [0.2, 0.25) is 0 Å². The van der Waals surface area contributed by atoms with Gasteiger partial charge in [0.1, 0.15) is 74.1 Å². The molecule has 0 bridgehead atoms. The average molecular weight is 1560 g/mol.